The summed E-state index contributed by atoms with van der Waals surface area (Å²) in [6.07, 6.45) is 0.265. The molecule has 0 heterocycles. The molecule has 1 aromatic carbocycles. The number of amides is 2. The second-order valence-electron chi connectivity index (χ2n) is 3.60. The molecule has 1 aromatic rings. The van der Waals surface area contributed by atoms with E-state index in [2.05, 4.69) is 5.32 Å². The van der Waals surface area contributed by atoms with Crippen molar-refractivity contribution in [3.63, 3.8) is 0 Å². The lowest BCUT2D eigenvalue weighted by atomic mass is 10.1. The molecule has 2 amide bonds. The average molecular weight is 274 g/mol. The van der Waals surface area contributed by atoms with Gasteiger partial charge >= 0.3 is 0 Å². The number of primary amides is 1. The van der Waals surface area contributed by atoms with Gasteiger partial charge in [-0.05, 0) is 17.7 Å². The fourth-order valence-electron chi connectivity index (χ4n) is 1.34. The molecule has 18 heavy (non-hydrogen) atoms. The first-order chi connectivity index (χ1) is 8.02. The van der Waals surface area contributed by atoms with E-state index in [-0.39, 0.29) is 31.1 Å². The van der Waals surface area contributed by atoms with Crippen molar-refractivity contribution in [2.75, 3.05) is 6.54 Å². The van der Waals surface area contributed by atoms with Crippen molar-refractivity contribution in [1.82, 2.24) is 5.32 Å². The Morgan fingerprint density at radius 3 is 2.28 bits per heavy atom. The van der Waals surface area contributed by atoms with Gasteiger partial charge in [0.05, 0.1) is 6.54 Å². The highest BCUT2D eigenvalue weighted by molar-refractivity contribution is 5.87. The standard InChI is InChI=1S/C11H15N3O3.ClH/c12-6-10(16)14-9(11(13)17)5-7-1-3-8(15)4-2-7;/h1-4,9,15H,5-6,12H2,(H2,13,17)(H,14,16);1H/t9-;/m0./s1. The van der Waals surface area contributed by atoms with Gasteiger partial charge in [-0.3, -0.25) is 9.59 Å². The van der Waals surface area contributed by atoms with Crippen molar-refractivity contribution in [2.45, 2.75) is 12.5 Å². The van der Waals surface area contributed by atoms with E-state index in [1.54, 1.807) is 12.1 Å². The zero-order chi connectivity index (χ0) is 12.8. The van der Waals surface area contributed by atoms with Crippen molar-refractivity contribution in [3.8, 4) is 5.75 Å². The molecule has 0 spiro atoms. The largest absolute Gasteiger partial charge is 0.508 e. The van der Waals surface area contributed by atoms with Gasteiger partial charge in [0.2, 0.25) is 11.8 Å². The molecular weight excluding hydrogens is 258 g/mol. The number of carbonyl (C=O) groups is 2. The summed E-state index contributed by atoms with van der Waals surface area (Å²) < 4.78 is 0. The Hall–Kier alpha value is -1.79. The van der Waals surface area contributed by atoms with E-state index in [0.717, 1.165) is 5.56 Å². The molecule has 6 N–H and O–H groups in total. The molecule has 1 rings (SSSR count). The normalized spacial score (nSPS) is 11.2. The van der Waals surface area contributed by atoms with Gasteiger partial charge in [0.15, 0.2) is 0 Å². The minimum atomic E-state index is -0.796. The molecule has 0 unspecified atom stereocenters. The van der Waals surface area contributed by atoms with Crippen LogP contribution in [0.3, 0.4) is 0 Å². The van der Waals surface area contributed by atoms with E-state index < -0.39 is 17.9 Å². The van der Waals surface area contributed by atoms with Crippen LogP contribution in [0, 0.1) is 0 Å². The van der Waals surface area contributed by atoms with Crippen molar-refractivity contribution >= 4 is 24.2 Å². The van der Waals surface area contributed by atoms with Gasteiger partial charge in [0, 0.05) is 6.42 Å². The van der Waals surface area contributed by atoms with E-state index in [4.69, 9.17) is 16.6 Å². The second kappa shape index (κ2) is 7.52. The van der Waals surface area contributed by atoms with Crippen LogP contribution >= 0.6 is 12.4 Å². The molecule has 0 aliphatic carbocycles. The average Bonchev–Trinajstić information content (AvgIpc) is 2.30. The molecule has 0 fully saturated rings. The maximum absolute atomic E-state index is 11.1. The van der Waals surface area contributed by atoms with Crippen LogP contribution in [0.2, 0.25) is 0 Å². The molecule has 0 aliphatic rings. The molecule has 0 saturated heterocycles. The highest BCUT2D eigenvalue weighted by atomic mass is 35.5. The zero-order valence-corrected chi connectivity index (χ0v) is 10.4. The van der Waals surface area contributed by atoms with E-state index in [1.165, 1.54) is 12.1 Å². The number of aromatic hydroxyl groups is 1. The van der Waals surface area contributed by atoms with E-state index in [9.17, 15) is 9.59 Å². The maximum Gasteiger partial charge on any atom is 0.240 e. The first-order valence-electron chi connectivity index (χ1n) is 5.09. The first-order valence-corrected chi connectivity index (χ1v) is 5.09. The number of rotatable bonds is 5. The lowest BCUT2D eigenvalue weighted by molar-refractivity contribution is -0.126. The van der Waals surface area contributed by atoms with Gasteiger partial charge in [0.25, 0.3) is 0 Å². The van der Waals surface area contributed by atoms with Crippen LogP contribution in [0.5, 0.6) is 5.75 Å². The quantitative estimate of drug-likeness (QED) is 0.566. The van der Waals surface area contributed by atoms with Gasteiger partial charge in [0.1, 0.15) is 11.8 Å². The van der Waals surface area contributed by atoms with Gasteiger partial charge in [-0.1, -0.05) is 12.1 Å². The summed E-state index contributed by atoms with van der Waals surface area (Å²) in [5, 5.41) is 11.5. The van der Waals surface area contributed by atoms with Gasteiger partial charge in [-0.2, -0.15) is 0 Å². The SMILES string of the molecule is Cl.NCC(=O)N[C@@H](Cc1ccc(O)cc1)C(N)=O. The molecule has 0 aliphatic heterocycles. The summed E-state index contributed by atoms with van der Waals surface area (Å²) >= 11 is 0. The molecule has 7 heteroatoms. The Bertz CT molecular complexity index is 408. The predicted octanol–water partition coefficient (Wildman–Crippen LogP) is -0.715. The zero-order valence-electron chi connectivity index (χ0n) is 9.63. The number of phenolic OH excluding ortho intramolecular Hbond substituents is 1. The van der Waals surface area contributed by atoms with Crippen LogP contribution in [-0.4, -0.2) is 29.5 Å². The molecular formula is C11H16ClN3O3. The van der Waals surface area contributed by atoms with Crippen LogP contribution < -0.4 is 16.8 Å². The van der Waals surface area contributed by atoms with Gasteiger partial charge in [-0.25, -0.2) is 0 Å². The Morgan fingerprint density at radius 2 is 1.83 bits per heavy atom. The number of benzene rings is 1. The first kappa shape index (κ1) is 16.2. The van der Waals surface area contributed by atoms with Crippen molar-refractivity contribution in [1.29, 1.82) is 0 Å². The lowest BCUT2D eigenvalue weighted by Crippen LogP contribution is -2.47. The van der Waals surface area contributed by atoms with Crippen molar-refractivity contribution in [2.24, 2.45) is 11.5 Å². The highest BCUT2D eigenvalue weighted by Crippen LogP contribution is 2.11. The third-order valence-electron chi connectivity index (χ3n) is 2.24. The summed E-state index contributed by atoms with van der Waals surface area (Å²) in [6, 6.07) is 5.51. The molecule has 6 nitrogen and oxygen atoms in total. The monoisotopic (exact) mass is 273 g/mol. The van der Waals surface area contributed by atoms with Crippen LogP contribution in [0.25, 0.3) is 0 Å². The summed E-state index contributed by atoms with van der Waals surface area (Å²) in [6.45, 7) is -0.195. The molecule has 100 valence electrons. The van der Waals surface area contributed by atoms with Crippen molar-refractivity contribution < 1.29 is 14.7 Å². The number of hydrogen-bond donors (Lipinski definition) is 4. The highest BCUT2D eigenvalue weighted by Gasteiger charge is 2.17. The number of phenols is 1. The molecule has 0 bridgehead atoms. The minimum absolute atomic E-state index is 0. The number of nitrogens with two attached hydrogens (primary N) is 2. The van der Waals surface area contributed by atoms with E-state index in [1.807, 2.05) is 0 Å². The molecule has 1 atom stereocenters. The van der Waals surface area contributed by atoms with Crippen LogP contribution in [0.4, 0.5) is 0 Å². The van der Waals surface area contributed by atoms with Crippen molar-refractivity contribution in [3.05, 3.63) is 29.8 Å². The Kier molecular flexibility index (Phi) is 6.77. The Labute approximate surface area is 111 Å². The number of halogens is 1. The molecule has 0 aromatic heterocycles. The summed E-state index contributed by atoms with van der Waals surface area (Å²) in [7, 11) is 0. The number of carbonyl (C=O) groups excluding carboxylic acids is 2. The third-order valence-corrected chi connectivity index (χ3v) is 2.24. The fraction of sp³-hybridized carbons (Fsp3) is 0.273. The summed E-state index contributed by atoms with van der Waals surface area (Å²) in [4.78, 5) is 22.2. The predicted molar refractivity (Wildman–Crippen MR) is 69.2 cm³/mol. The number of nitrogens with one attached hydrogen (secondary N) is 1. The Morgan fingerprint density at radius 1 is 1.28 bits per heavy atom. The third kappa shape index (κ3) is 5.03. The summed E-state index contributed by atoms with van der Waals surface area (Å²) in [5.74, 6) is -0.928. The van der Waals surface area contributed by atoms with Gasteiger partial charge in [-0.15, -0.1) is 12.4 Å². The van der Waals surface area contributed by atoms with Gasteiger partial charge < -0.3 is 21.9 Å². The van der Waals surface area contributed by atoms with Crippen LogP contribution in [-0.2, 0) is 16.0 Å². The van der Waals surface area contributed by atoms with E-state index in [0.29, 0.717) is 0 Å². The van der Waals surface area contributed by atoms with Crippen LogP contribution in [0.1, 0.15) is 5.56 Å². The maximum atomic E-state index is 11.1. The Balaban J connectivity index is 0.00000289. The van der Waals surface area contributed by atoms with Crippen LogP contribution in [0.15, 0.2) is 24.3 Å². The lowest BCUT2D eigenvalue weighted by Gasteiger charge is -2.14. The van der Waals surface area contributed by atoms with E-state index >= 15 is 0 Å². The minimum Gasteiger partial charge on any atom is -0.508 e. The second-order valence-corrected chi connectivity index (χ2v) is 3.60. The molecule has 0 saturated carbocycles. The fourth-order valence-corrected chi connectivity index (χ4v) is 1.34. The molecule has 0 radical (unpaired) electrons. The smallest absolute Gasteiger partial charge is 0.240 e. The topological polar surface area (TPSA) is 118 Å². The number of hydrogen-bond acceptors (Lipinski definition) is 4. The summed E-state index contributed by atoms with van der Waals surface area (Å²) in [5.41, 5.74) is 11.1.